The largest absolute Gasteiger partial charge is 0.390 e. The highest BCUT2D eigenvalue weighted by Gasteiger charge is 2.39. The molecule has 0 saturated heterocycles. The number of Topliss-reactive ketones (excluding diaryl/α,β-unsaturated/α-hetero) is 1. The number of hydrogen-bond donors (Lipinski definition) is 2. The Labute approximate surface area is 109 Å². The summed E-state index contributed by atoms with van der Waals surface area (Å²) in [5.41, 5.74) is 0.791. The van der Waals surface area contributed by atoms with Crippen LogP contribution in [0.3, 0.4) is 0 Å². The van der Waals surface area contributed by atoms with E-state index in [-0.39, 0.29) is 12.2 Å². The molecule has 0 aromatic carbocycles. The summed E-state index contributed by atoms with van der Waals surface area (Å²) in [6.45, 7) is 7.45. The van der Waals surface area contributed by atoms with Gasteiger partial charge in [-0.25, -0.2) is 0 Å². The minimum absolute atomic E-state index is 0.0211. The van der Waals surface area contributed by atoms with Gasteiger partial charge in [0.25, 0.3) is 0 Å². The van der Waals surface area contributed by atoms with Gasteiger partial charge in [0.05, 0.1) is 11.7 Å². The standard InChI is InChI=1S/C15H24O3/c1-10(2)6-5-7-15(4,18)12-9-13(16)11(3)8-14(12)17/h6,8,12,14,17-18H,5,7,9H2,1-4H3/t12-,14+,15-/m1/s1. The average Bonchev–Trinajstić information content (AvgIpc) is 2.22. The number of ketones is 1. The first-order valence-electron chi connectivity index (χ1n) is 6.49. The zero-order valence-corrected chi connectivity index (χ0v) is 11.7. The second kappa shape index (κ2) is 5.81. The lowest BCUT2D eigenvalue weighted by Gasteiger charge is -2.37. The molecule has 0 fully saturated rings. The van der Waals surface area contributed by atoms with Crippen molar-refractivity contribution in [3.63, 3.8) is 0 Å². The van der Waals surface area contributed by atoms with Crippen molar-refractivity contribution in [2.75, 3.05) is 0 Å². The lowest BCUT2D eigenvalue weighted by molar-refractivity contribution is -0.123. The number of allylic oxidation sites excluding steroid dienone is 3. The molecule has 0 saturated carbocycles. The summed E-state index contributed by atoms with van der Waals surface area (Å²) >= 11 is 0. The van der Waals surface area contributed by atoms with Crippen molar-refractivity contribution in [1.82, 2.24) is 0 Å². The van der Waals surface area contributed by atoms with Crippen molar-refractivity contribution in [3.05, 3.63) is 23.3 Å². The van der Waals surface area contributed by atoms with E-state index in [0.717, 1.165) is 6.42 Å². The molecule has 0 aliphatic heterocycles. The van der Waals surface area contributed by atoms with Crippen LogP contribution in [0.2, 0.25) is 0 Å². The molecule has 0 amide bonds. The average molecular weight is 252 g/mol. The number of carbonyl (C=O) groups is 1. The van der Waals surface area contributed by atoms with E-state index >= 15 is 0 Å². The van der Waals surface area contributed by atoms with E-state index in [1.807, 2.05) is 13.8 Å². The van der Waals surface area contributed by atoms with Gasteiger partial charge >= 0.3 is 0 Å². The van der Waals surface area contributed by atoms with Crippen LogP contribution < -0.4 is 0 Å². The van der Waals surface area contributed by atoms with E-state index in [1.165, 1.54) is 5.57 Å². The minimum Gasteiger partial charge on any atom is -0.390 e. The third-order valence-corrected chi connectivity index (χ3v) is 3.68. The molecule has 1 aliphatic rings. The van der Waals surface area contributed by atoms with Crippen LogP contribution in [0.4, 0.5) is 0 Å². The summed E-state index contributed by atoms with van der Waals surface area (Å²) < 4.78 is 0. The lowest BCUT2D eigenvalue weighted by atomic mass is 9.74. The van der Waals surface area contributed by atoms with Crippen molar-refractivity contribution in [2.45, 2.75) is 58.7 Å². The Morgan fingerprint density at radius 1 is 1.56 bits per heavy atom. The first-order chi connectivity index (χ1) is 8.24. The Balaban J connectivity index is 2.73. The predicted molar refractivity (Wildman–Crippen MR) is 72.2 cm³/mol. The van der Waals surface area contributed by atoms with E-state index in [9.17, 15) is 15.0 Å². The highest BCUT2D eigenvalue weighted by atomic mass is 16.3. The molecule has 0 aromatic rings. The molecule has 0 radical (unpaired) electrons. The normalized spacial score (nSPS) is 27.4. The van der Waals surface area contributed by atoms with Crippen molar-refractivity contribution >= 4 is 5.78 Å². The molecular formula is C15H24O3. The highest BCUT2D eigenvalue weighted by Crippen LogP contribution is 2.33. The van der Waals surface area contributed by atoms with Crippen LogP contribution in [0.25, 0.3) is 0 Å². The molecule has 102 valence electrons. The molecule has 3 nitrogen and oxygen atoms in total. The Morgan fingerprint density at radius 2 is 2.17 bits per heavy atom. The summed E-state index contributed by atoms with van der Waals surface area (Å²) in [5.74, 6) is -0.382. The van der Waals surface area contributed by atoms with Crippen molar-refractivity contribution in [2.24, 2.45) is 5.92 Å². The maximum Gasteiger partial charge on any atom is 0.158 e. The molecule has 1 rings (SSSR count). The minimum atomic E-state index is -1.02. The second-order valence-corrected chi connectivity index (χ2v) is 5.75. The monoisotopic (exact) mass is 252 g/mol. The van der Waals surface area contributed by atoms with Gasteiger partial charge in [0.2, 0.25) is 0 Å². The molecule has 3 atom stereocenters. The van der Waals surface area contributed by atoms with Gasteiger partial charge in [0.1, 0.15) is 0 Å². The molecule has 0 spiro atoms. The summed E-state index contributed by atoms with van der Waals surface area (Å²) in [4.78, 5) is 11.7. The molecule has 0 bridgehead atoms. The van der Waals surface area contributed by atoms with Gasteiger partial charge in [0, 0.05) is 12.3 Å². The van der Waals surface area contributed by atoms with Gasteiger partial charge in [0.15, 0.2) is 5.78 Å². The van der Waals surface area contributed by atoms with E-state index < -0.39 is 17.6 Å². The fraction of sp³-hybridized carbons (Fsp3) is 0.667. The van der Waals surface area contributed by atoms with Crippen LogP contribution in [0.1, 0.15) is 47.0 Å². The second-order valence-electron chi connectivity index (χ2n) is 5.75. The molecule has 18 heavy (non-hydrogen) atoms. The summed E-state index contributed by atoms with van der Waals surface area (Å²) in [7, 11) is 0. The number of rotatable bonds is 4. The highest BCUT2D eigenvalue weighted by molar-refractivity contribution is 5.96. The molecule has 2 N–H and O–H groups in total. The zero-order chi connectivity index (χ0) is 13.9. The lowest BCUT2D eigenvalue weighted by Crippen LogP contribution is -2.44. The van der Waals surface area contributed by atoms with Crippen molar-refractivity contribution in [1.29, 1.82) is 0 Å². The molecule has 1 aliphatic carbocycles. The first kappa shape index (κ1) is 15.1. The van der Waals surface area contributed by atoms with Gasteiger partial charge < -0.3 is 10.2 Å². The Hall–Kier alpha value is -0.930. The third-order valence-electron chi connectivity index (χ3n) is 3.68. The van der Waals surface area contributed by atoms with E-state index in [1.54, 1.807) is 19.9 Å². The van der Waals surface area contributed by atoms with E-state index in [2.05, 4.69) is 6.08 Å². The molecule has 3 heteroatoms. The molecule has 0 unspecified atom stereocenters. The van der Waals surface area contributed by atoms with E-state index in [4.69, 9.17) is 0 Å². The van der Waals surface area contributed by atoms with Gasteiger partial charge in [-0.15, -0.1) is 0 Å². The van der Waals surface area contributed by atoms with Crippen LogP contribution >= 0.6 is 0 Å². The van der Waals surface area contributed by atoms with Crippen LogP contribution in [-0.4, -0.2) is 27.7 Å². The maximum absolute atomic E-state index is 11.7. The number of hydrogen-bond acceptors (Lipinski definition) is 3. The third kappa shape index (κ3) is 3.79. The molecule has 0 heterocycles. The van der Waals surface area contributed by atoms with Crippen LogP contribution in [0, 0.1) is 5.92 Å². The zero-order valence-electron chi connectivity index (χ0n) is 11.7. The van der Waals surface area contributed by atoms with Crippen LogP contribution in [0.15, 0.2) is 23.3 Å². The van der Waals surface area contributed by atoms with Crippen LogP contribution in [-0.2, 0) is 4.79 Å². The van der Waals surface area contributed by atoms with Crippen molar-refractivity contribution in [3.8, 4) is 0 Å². The van der Waals surface area contributed by atoms with Gasteiger partial charge in [-0.3, -0.25) is 4.79 Å². The van der Waals surface area contributed by atoms with Gasteiger partial charge in [-0.1, -0.05) is 11.6 Å². The summed E-state index contributed by atoms with van der Waals surface area (Å²) in [5, 5.41) is 20.5. The number of aliphatic hydroxyl groups excluding tert-OH is 1. The first-order valence-corrected chi connectivity index (χ1v) is 6.49. The number of aliphatic hydroxyl groups is 2. The maximum atomic E-state index is 11.7. The predicted octanol–water partition coefficient (Wildman–Crippen LogP) is 2.38. The molecule has 0 aromatic heterocycles. The van der Waals surface area contributed by atoms with Crippen molar-refractivity contribution < 1.29 is 15.0 Å². The number of carbonyl (C=O) groups excluding carboxylic acids is 1. The molecular weight excluding hydrogens is 228 g/mol. The van der Waals surface area contributed by atoms with E-state index in [0.29, 0.717) is 12.0 Å². The Bertz CT molecular complexity index is 373. The Kier molecular flexibility index (Phi) is 4.88. The van der Waals surface area contributed by atoms with Gasteiger partial charge in [-0.2, -0.15) is 0 Å². The summed E-state index contributed by atoms with van der Waals surface area (Å²) in [6, 6.07) is 0. The fourth-order valence-corrected chi connectivity index (χ4v) is 2.37. The topological polar surface area (TPSA) is 57.5 Å². The summed E-state index contributed by atoms with van der Waals surface area (Å²) in [6.07, 6.45) is 4.43. The SMILES string of the molecule is CC(C)=CCC[C@@](C)(O)[C@@H]1CC(=O)C(C)=C[C@@H]1O. The fourth-order valence-electron chi connectivity index (χ4n) is 2.37. The van der Waals surface area contributed by atoms with Gasteiger partial charge in [-0.05, 0) is 52.2 Å². The van der Waals surface area contributed by atoms with Crippen LogP contribution in [0.5, 0.6) is 0 Å². The quantitative estimate of drug-likeness (QED) is 0.755. The smallest absolute Gasteiger partial charge is 0.158 e. The Morgan fingerprint density at radius 3 is 2.72 bits per heavy atom.